The van der Waals surface area contributed by atoms with Gasteiger partial charge in [-0.3, -0.25) is 0 Å². The molecule has 3 rings (SSSR count). The van der Waals surface area contributed by atoms with E-state index in [0.29, 0.717) is 40.6 Å². The first kappa shape index (κ1) is 25.0. The minimum atomic E-state index is -4.41. The molecule has 0 amide bonds. The molecule has 1 heterocycles. The molecule has 1 unspecified atom stereocenters. The molecule has 1 N–H and O–H groups in total. The first-order valence-electron chi connectivity index (χ1n) is 10.5. The highest BCUT2D eigenvalue weighted by molar-refractivity contribution is 5.68. The normalized spacial score (nSPS) is 12.3. The fraction of sp³-hybridized carbons (Fsp3) is 0.280. The number of aryl methyl sites for hydroxylation is 1. The van der Waals surface area contributed by atoms with E-state index in [1.165, 1.54) is 12.1 Å². The van der Waals surface area contributed by atoms with E-state index >= 15 is 0 Å². The van der Waals surface area contributed by atoms with Gasteiger partial charge >= 0.3 is 12.1 Å². The van der Waals surface area contributed by atoms with Crippen LogP contribution in [-0.4, -0.2) is 35.9 Å². The third-order valence-corrected chi connectivity index (χ3v) is 4.86. The molecule has 0 fully saturated rings. The summed E-state index contributed by atoms with van der Waals surface area (Å²) in [6.07, 6.45) is -4.99. The average Bonchev–Trinajstić information content (AvgIpc) is 2.80. The van der Waals surface area contributed by atoms with Crippen LogP contribution in [0.25, 0.3) is 11.3 Å². The summed E-state index contributed by atoms with van der Waals surface area (Å²) in [5, 5.41) is 8.78. The summed E-state index contributed by atoms with van der Waals surface area (Å²) in [5.74, 6) is -0.138. The number of benzene rings is 2. The molecule has 0 aliphatic carbocycles. The van der Waals surface area contributed by atoms with Gasteiger partial charge in [-0.05, 0) is 61.9 Å². The van der Waals surface area contributed by atoms with Gasteiger partial charge in [0.05, 0.1) is 23.6 Å². The summed E-state index contributed by atoms with van der Waals surface area (Å²) in [5.41, 5.74) is 1.57. The van der Waals surface area contributed by atoms with Crippen LogP contribution >= 0.6 is 0 Å². The van der Waals surface area contributed by atoms with Crippen molar-refractivity contribution in [2.75, 3.05) is 19.8 Å². The number of aliphatic carboxylic acids is 1. The van der Waals surface area contributed by atoms with Gasteiger partial charge in [0.1, 0.15) is 11.5 Å². The van der Waals surface area contributed by atoms with Crippen molar-refractivity contribution in [3.05, 3.63) is 77.5 Å². The van der Waals surface area contributed by atoms with Gasteiger partial charge in [0.2, 0.25) is 0 Å². The molecule has 1 aromatic heterocycles. The van der Waals surface area contributed by atoms with Crippen LogP contribution in [0.5, 0.6) is 11.5 Å². The largest absolute Gasteiger partial charge is 0.482 e. The van der Waals surface area contributed by atoms with E-state index in [1.807, 2.05) is 6.92 Å². The number of carboxylic acids is 1. The Bertz CT molecular complexity index is 1120. The fourth-order valence-electron chi connectivity index (χ4n) is 3.19. The monoisotopic (exact) mass is 475 g/mol. The van der Waals surface area contributed by atoms with Crippen LogP contribution in [0.4, 0.5) is 13.2 Å². The predicted molar refractivity (Wildman–Crippen MR) is 119 cm³/mol. The number of carboxylic acid groups (broad SMARTS) is 1. The molecule has 0 saturated carbocycles. The van der Waals surface area contributed by atoms with Crippen molar-refractivity contribution in [2.24, 2.45) is 0 Å². The molecule has 6 nitrogen and oxygen atoms in total. The summed E-state index contributed by atoms with van der Waals surface area (Å²) in [4.78, 5) is 15.3. The Morgan fingerprint density at radius 3 is 2.44 bits per heavy atom. The van der Waals surface area contributed by atoms with Crippen LogP contribution < -0.4 is 9.47 Å². The zero-order valence-corrected chi connectivity index (χ0v) is 18.6. The highest BCUT2D eigenvalue weighted by atomic mass is 19.4. The van der Waals surface area contributed by atoms with E-state index in [2.05, 4.69) is 4.98 Å². The van der Waals surface area contributed by atoms with Gasteiger partial charge < -0.3 is 19.3 Å². The number of hydrogen-bond donors (Lipinski definition) is 1. The molecule has 0 aliphatic heterocycles. The number of halogens is 3. The highest BCUT2D eigenvalue weighted by Crippen LogP contribution is 2.31. The van der Waals surface area contributed by atoms with Crippen molar-refractivity contribution in [3.63, 3.8) is 0 Å². The lowest BCUT2D eigenvalue weighted by Gasteiger charge is -2.20. The maximum atomic E-state index is 12.9. The zero-order valence-electron chi connectivity index (χ0n) is 18.6. The second-order valence-electron chi connectivity index (χ2n) is 7.40. The smallest absolute Gasteiger partial charge is 0.416 e. The topological polar surface area (TPSA) is 77.9 Å². The van der Waals surface area contributed by atoms with Crippen LogP contribution in [-0.2, 0) is 15.7 Å². The van der Waals surface area contributed by atoms with Gasteiger partial charge in [-0.1, -0.05) is 18.2 Å². The number of alkyl halides is 3. The summed E-state index contributed by atoms with van der Waals surface area (Å²) >= 11 is 0. The summed E-state index contributed by atoms with van der Waals surface area (Å²) in [6.45, 7) is 3.83. The van der Waals surface area contributed by atoms with Crippen molar-refractivity contribution in [1.82, 2.24) is 4.98 Å². The van der Waals surface area contributed by atoms with Crippen molar-refractivity contribution < 1.29 is 37.3 Å². The molecular formula is C25H24F3NO5. The Morgan fingerprint density at radius 2 is 1.82 bits per heavy atom. The van der Waals surface area contributed by atoms with Crippen molar-refractivity contribution in [3.8, 4) is 22.8 Å². The van der Waals surface area contributed by atoms with Crippen LogP contribution in [0.15, 0.2) is 60.7 Å². The second kappa shape index (κ2) is 11.0. The van der Waals surface area contributed by atoms with Gasteiger partial charge in [-0.15, -0.1) is 0 Å². The molecule has 180 valence electrons. The Hall–Kier alpha value is -3.59. The fourth-order valence-corrected chi connectivity index (χ4v) is 3.19. The quantitative estimate of drug-likeness (QED) is 0.406. The molecule has 3 aromatic rings. The average molecular weight is 475 g/mol. The number of rotatable bonds is 10. The SMILES string of the molecule is CCOCC(Oc1ccc(OCC(=O)O)c(C)c1)c1cccc(-c2ccc(C(F)(F)F)cc2)n1. The Labute approximate surface area is 194 Å². The first-order valence-corrected chi connectivity index (χ1v) is 10.5. The minimum absolute atomic E-state index is 0.205. The second-order valence-corrected chi connectivity index (χ2v) is 7.40. The Morgan fingerprint density at radius 1 is 1.09 bits per heavy atom. The maximum absolute atomic E-state index is 12.9. The zero-order chi connectivity index (χ0) is 24.7. The molecule has 0 radical (unpaired) electrons. The first-order chi connectivity index (χ1) is 16.2. The van der Waals surface area contributed by atoms with Gasteiger partial charge in [0.25, 0.3) is 0 Å². The molecule has 0 saturated heterocycles. The van der Waals surface area contributed by atoms with Gasteiger partial charge in [0, 0.05) is 12.2 Å². The Balaban J connectivity index is 1.83. The summed E-state index contributed by atoms with van der Waals surface area (Å²) in [6, 6.07) is 15.0. The number of carbonyl (C=O) groups is 1. The molecule has 0 bridgehead atoms. The summed E-state index contributed by atoms with van der Waals surface area (Å²) in [7, 11) is 0. The third kappa shape index (κ3) is 6.71. The van der Waals surface area contributed by atoms with E-state index in [9.17, 15) is 18.0 Å². The molecule has 9 heteroatoms. The minimum Gasteiger partial charge on any atom is -0.482 e. The van der Waals surface area contributed by atoms with E-state index in [-0.39, 0.29) is 6.61 Å². The summed E-state index contributed by atoms with van der Waals surface area (Å²) < 4.78 is 55.5. The number of aromatic nitrogens is 1. The van der Waals surface area contributed by atoms with Gasteiger partial charge in [-0.25, -0.2) is 9.78 Å². The predicted octanol–water partition coefficient (Wildman–Crippen LogP) is 5.70. The van der Waals surface area contributed by atoms with Crippen LogP contribution in [0, 0.1) is 6.92 Å². The van der Waals surface area contributed by atoms with E-state index in [4.69, 9.17) is 19.3 Å². The highest BCUT2D eigenvalue weighted by Gasteiger charge is 2.30. The van der Waals surface area contributed by atoms with Crippen molar-refractivity contribution >= 4 is 5.97 Å². The number of pyridine rings is 1. The lowest BCUT2D eigenvalue weighted by molar-refractivity contribution is -0.139. The molecule has 34 heavy (non-hydrogen) atoms. The van der Waals surface area contributed by atoms with Gasteiger partial charge in [-0.2, -0.15) is 13.2 Å². The van der Waals surface area contributed by atoms with Crippen molar-refractivity contribution in [2.45, 2.75) is 26.1 Å². The molecular weight excluding hydrogens is 451 g/mol. The van der Waals surface area contributed by atoms with Crippen molar-refractivity contribution in [1.29, 1.82) is 0 Å². The van der Waals surface area contributed by atoms with Gasteiger partial charge in [0.15, 0.2) is 12.7 Å². The Kier molecular flexibility index (Phi) is 8.12. The number of hydrogen-bond acceptors (Lipinski definition) is 5. The van der Waals surface area contributed by atoms with E-state index < -0.39 is 30.4 Å². The molecule has 1 atom stereocenters. The molecule has 0 aliphatic rings. The van der Waals surface area contributed by atoms with Crippen LogP contribution in [0.1, 0.15) is 29.8 Å². The van der Waals surface area contributed by atoms with E-state index in [0.717, 1.165) is 12.1 Å². The maximum Gasteiger partial charge on any atom is 0.416 e. The number of nitrogens with zero attached hydrogens (tertiary/aromatic N) is 1. The third-order valence-electron chi connectivity index (χ3n) is 4.86. The van der Waals surface area contributed by atoms with Crippen LogP contribution in [0.3, 0.4) is 0 Å². The molecule has 2 aromatic carbocycles. The van der Waals surface area contributed by atoms with E-state index in [1.54, 1.807) is 43.3 Å². The lowest BCUT2D eigenvalue weighted by Crippen LogP contribution is -2.16. The lowest BCUT2D eigenvalue weighted by atomic mass is 10.1. The number of ether oxygens (including phenoxy) is 3. The molecule has 0 spiro atoms. The van der Waals surface area contributed by atoms with Crippen LogP contribution in [0.2, 0.25) is 0 Å². The standard InChI is InChI=1S/C25H24F3NO5/c1-3-32-14-23(34-19-11-12-22(16(2)13-19)33-15-24(30)31)21-6-4-5-20(29-21)17-7-9-18(10-8-17)25(26,27)28/h4-13,23H,3,14-15H2,1-2H3,(H,30,31).